The summed E-state index contributed by atoms with van der Waals surface area (Å²) in [6.07, 6.45) is -0.107. The molecule has 0 radical (unpaired) electrons. The van der Waals surface area contributed by atoms with Gasteiger partial charge in [-0.3, -0.25) is 0 Å². The lowest BCUT2D eigenvalue weighted by Crippen LogP contribution is -2.44. The van der Waals surface area contributed by atoms with Crippen molar-refractivity contribution in [2.24, 2.45) is 0 Å². The molecule has 1 aromatic heterocycles. The molecular formula is C15H18N2O3S. The molecule has 6 heteroatoms. The summed E-state index contributed by atoms with van der Waals surface area (Å²) in [5.74, 6) is 0. The van der Waals surface area contributed by atoms with Crippen molar-refractivity contribution in [3.63, 3.8) is 0 Å². The molecule has 2 aromatic rings. The van der Waals surface area contributed by atoms with Crippen LogP contribution in [0, 0.1) is 0 Å². The van der Waals surface area contributed by atoms with Crippen molar-refractivity contribution in [1.29, 1.82) is 0 Å². The number of amides is 2. The molecule has 1 aliphatic heterocycles. The number of nitrogens with zero attached hydrogens (tertiary/aromatic N) is 1. The maximum absolute atomic E-state index is 12.1. The van der Waals surface area contributed by atoms with E-state index in [9.17, 15) is 15.0 Å². The highest BCUT2D eigenvalue weighted by Crippen LogP contribution is 2.25. The highest BCUT2D eigenvalue weighted by molar-refractivity contribution is 7.19. The van der Waals surface area contributed by atoms with E-state index in [0.29, 0.717) is 13.0 Å². The number of fused-ring (bicyclic) bond motifs is 1. The third-order valence-corrected chi connectivity index (χ3v) is 4.87. The average molecular weight is 306 g/mol. The molecule has 2 atom stereocenters. The zero-order valence-electron chi connectivity index (χ0n) is 11.5. The number of nitrogens with one attached hydrogen (secondary N) is 1. The first-order valence-corrected chi connectivity index (χ1v) is 7.80. The van der Waals surface area contributed by atoms with Gasteiger partial charge in [-0.05, 0) is 23.9 Å². The molecule has 1 fully saturated rings. The minimum Gasteiger partial charge on any atom is -0.394 e. The highest BCUT2D eigenvalue weighted by Gasteiger charge is 2.33. The highest BCUT2D eigenvalue weighted by atomic mass is 32.1. The van der Waals surface area contributed by atoms with Gasteiger partial charge in [0.25, 0.3) is 0 Å². The summed E-state index contributed by atoms with van der Waals surface area (Å²) in [6.45, 7) is 0.625. The van der Waals surface area contributed by atoms with Crippen LogP contribution in [0.25, 0.3) is 10.1 Å². The fourth-order valence-corrected chi connectivity index (χ4v) is 3.71. The van der Waals surface area contributed by atoms with Crippen LogP contribution in [0.3, 0.4) is 0 Å². The third kappa shape index (κ3) is 3.02. The SMILES string of the molecule is O=C(NCc1cc2ccccc2s1)N1C[C@@H](O)C[C@H]1CO. The van der Waals surface area contributed by atoms with E-state index in [0.717, 1.165) is 4.88 Å². The first-order chi connectivity index (χ1) is 10.2. The molecular weight excluding hydrogens is 288 g/mol. The largest absolute Gasteiger partial charge is 0.394 e. The number of aliphatic hydroxyl groups is 2. The summed E-state index contributed by atoms with van der Waals surface area (Å²) in [5, 5.41) is 22.9. The fourth-order valence-electron chi connectivity index (χ4n) is 2.70. The predicted molar refractivity (Wildman–Crippen MR) is 82.3 cm³/mol. The van der Waals surface area contributed by atoms with Crippen molar-refractivity contribution < 1.29 is 15.0 Å². The molecule has 3 rings (SSSR count). The minimum atomic E-state index is -0.544. The van der Waals surface area contributed by atoms with E-state index in [2.05, 4.69) is 23.5 Å². The molecule has 1 saturated heterocycles. The minimum absolute atomic E-state index is 0.118. The number of benzene rings is 1. The van der Waals surface area contributed by atoms with Crippen LogP contribution in [-0.4, -0.2) is 46.4 Å². The quantitative estimate of drug-likeness (QED) is 0.805. The van der Waals surface area contributed by atoms with Crippen molar-refractivity contribution in [3.05, 3.63) is 35.2 Å². The van der Waals surface area contributed by atoms with Crippen molar-refractivity contribution in [1.82, 2.24) is 10.2 Å². The summed E-state index contributed by atoms with van der Waals surface area (Å²) in [5.41, 5.74) is 0. The van der Waals surface area contributed by atoms with Crippen molar-refractivity contribution in [2.75, 3.05) is 13.2 Å². The Morgan fingerprint density at radius 1 is 1.43 bits per heavy atom. The lowest BCUT2D eigenvalue weighted by atomic mass is 10.2. The standard InChI is InChI=1S/C15H18N2O3S/c18-9-11-6-12(19)8-17(11)15(20)16-7-13-5-10-3-1-2-4-14(10)21-13/h1-5,11-12,18-19H,6-9H2,(H,16,20)/t11-,12-/m0/s1. The maximum Gasteiger partial charge on any atom is 0.318 e. The summed E-state index contributed by atoms with van der Waals surface area (Å²) in [4.78, 5) is 14.7. The monoisotopic (exact) mass is 306 g/mol. The van der Waals surface area contributed by atoms with Gasteiger partial charge in [0.1, 0.15) is 0 Å². The van der Waals surface area contributed by atoms with E-state index in [1.54, 1.807) is 11.3 Å². The van der Waals surface area contributed by atoms with E-state index < -0.39 is 6.10 Å². The van der Waals surface area contributed by atoms with E-state index in [-0.39, 0.29) is 25.2 Å². The van der Waals surface area contributed by atoms with Gasteiger partial charge in [0.05, 0.1) is 25.3 Å². The number of hydrogen-bond acceptors (Lipinski definition) is 4. The fraction of sp³-hybridized carbons (Fsp3) is 0.400. The predicted octanol–water partition coefficient (Wildman–Crippen LogP) is 1.54. The first-order valence-electron chi connectivity index (χ1n) is 6.98. The number of β-amino-alcohol motifs (C(OH)–C–C–N with tert-alkyl or cyclic N) is 1. The maximum atomic E-state index is 12.1. The van der Waals surface area contributed by atoms with Crippen LogP contribution in [0.15, 0.2) is 30.3 Å². The zero-order chi connectivity index (χ0) is 14.8. The molecule has 1 aliphatic rings. The van der Waals surface area contributed by atoms with Crippen LogP contribution in [0.1, 0.15) is 11.3 Å². The van der Waals surface area contributed by atoms with Gasteiger partial charge in [-0.15, -0.1) is 11.3 Å². The van der Waals surface area contributed by atoms with Gasteiger partial charge in [0, 0.05) is 16.1 Å². The molecule has 21 heavy (non-hydrogen) atoms. The molecule has 0 unspecified atom stereocenters. The van der Waals surface area contributed by atoms with E-state index >= 15 is 0 Å². The molecule has 0 bridgehead atoms. The number of carbonyl (C=O) groups excluding carboxylic acids is 1. The summed E-state index contributed by atoms with van der Waals surface area (Å²) >= 11 is 1.66. The first kappa shape index (κ1) is 14.3. The van der Waals surface area contributed by atoms with Gasteiger partial charge >= 0.3 is 6.03 Å². The smallest absolute Gasteiger partial charge is 0.318 e. The zero-order valence-corrected chi connectivity index (χ0v) is 12.3. The molecule has 1 aromatic carbocycles. The van der Waals surface area contributed by atoms with Crippen LogP contribution >= 0.6 is 11.3 Å². The average Bonchev–Trinajstić information content (AvgIpc) is 3.07. The van der Waals surface area contributed by atoms with Crippen molar-refractivity contribution in [3.8, 4) is 0 Å². The van der Waals surface area contributed by atoms with Gasteiger partial charge in [0.2, 0.25) is 0 Å². The Bertz CT molecular complexity index is 610. The van der Waals surface area contributed by atoms with Crippen molar-refractivity contribution >= 4 is 27.5 Å². The number of rotatable bonds is 3. The second kappa shape index (κ2) is 6.01. The Morgan fingerprint density at radius 2 is 2.24 bits per heavy atom. The summed E-state index contributed by atoms with van der Waals surface area (Å²) in [7, 11) is 0. The molecule has 0 spiro atoms. The number of thiophene rings is 1. The molecule has 112 valence electrons. The van der Waals surface area contributed by atoms with E-state index in [1.807, 2.05) is 12.1 Å². The molecule has 0 aliphatic carbocycles. The number of hydrogen-bond donors (Lipinski definition) is 3. The lowest BCUT2D eigenvalue weighted by molar-refractivity contribution is 0.154. The number of carbonyl (C=O) groups is 1. The van der Waals surface area contributed by atoms with Gasteiger partial charge in [0.15, 0.2) is 0 Å². The van der Waals surface area contributed by atoms with Crippen LogP contribution in [0.2, 0.25) is 0 Å². The number of aliphatic hydroxyl groups excluding tert-OH is 2. The normalized spacial score (nSPS) is 21.9. The summed E-state index contributed by atoms with van der Waals surface area (Å²) in [6, 6.07) is 9.65. The van der Waals surface area contributed by atoms with Crippen LogP contribution in [0.5, 0.6) is 0 Å². The van der Waals surface area contributed by atoms with Crippen LogP contribution in [-0.2, 0) is 6.54 Å². The van der Waals surface area contributed by atoms with Gasteiger partial charge in [-0.1, -0.05) is 18.2 Å². The van der Waals surface area contributed by atoms with E-state index in [4.69, 9.17) is 0 Å². The Hall–Kier alpha value is -1.63. The Balaban J connectivity index is 1.63. The topological polar surface area (TPSA) is 72.8 Å². The lowest BCUT2D eigenvalue weighted by Gasteiger charge is -2.22. The van der Waals surface area contributed by atoms with E-state index in [1.165, 1.54) is 15.0 Å². The molecule has 5 nitrogen and oxygen atoms in total. The van der Waals surface area contributed by atoms with Crippen LogP contribution < -0.4 is 5.32 Å². The number of urea groups is 1. The Morgan fingerprint density at radius 3 is 3.00 bits per heavy atom. The molecule has 3 N–H and O–H groups in total. The van der Waals surface area contributed by atoms with Gasteiger partial charge in [-0.2, -0.15) is 0 Å². The molecule has 2 amide bonds. The van der Waals surface area contributed by atoms with Gasteiger partial charge in [-0.25, -0.2) is 4.79 Å². The summed E-state index contributed by atoms with van der Waals surface area (Å²) < 4.78 is 1.20. The third-order valence-electron chi connectivity index (χ3n) is 3.75. The Labute approximate surface area is 126 Å². The van der Waals surface area contributed by atoms with Crippen LogP contribution in [0.4, 0.5) is 4.79 Å². The molecule has 0 saturated carbocycles. The second-order valence-corrected chi connectivity index (χ2v) is 6.46. The molecule has 2 heterocycles. The van der Waals surface area contributed by atoms with Crippen molar-refractivity contribution in [2.45, 2.75) is 25.1 Å². The van der Waals surface area contributed by atoms with Gasteiger partial charge < -0.3 is 20.4 Å². The second-order valence-electron chi connectivity index (χ2n) is 5.29. The number of likely N-dealkylation sites (tertiary alicyclic amines) is 1. The Kier molecular flexibility index (Phi) is 4.10.